The number of rotatable bonds is 5. The van der Waals surface area contributed by atoms with E-state index in [2.05, 4.69) is 10.3 Å². The molecule has 1 aromatic carbocycles. The van der Waals surface area contributed by atoms with Gasteiger partial charge in [0.2, 0.25) is 0 Å². The Morgan fingerprint density at radius 1 is 1.38 bits per heavy atom. The Kier molecular flexibility index (Phi) is 9.15. The van der Waals surface area contributed by atoms with E-state index in [9.17, 15) is 4.79 Å². The van der Waals surface area contributed by atoms with Gasteiger partial charge in [0.15, 0.2) is 11.5 Å². The third kappa shape index (κ3) is 5.23. The van der Waals surface area contributed by atoms with E-state index in [-0.39, 0.29) is 36.8 Å². The molecule has 2 aromatic rings. The number of carbonyl (C=O) groups excluding carboxylic acids is 1. The maximum Gasteiger partial charge on any atom is 0.254 e. The van der Waals surface area contributed by atoms with Crippen LogP contribution in [-0.2, 0) is 6.61 Å². The first kappa shape index (κ1) is 22.5. The van der Waals surface area contributed by atoms with Crippen molar-refractivity contribution in [2.45, 2.75) is 19.6 Å². The monoisotopic (exact) mass is 419 g/mol. The van der Waals surface area contributed by atoms with Gasteiger partial charge in [-0.05, 0) is 25.1 Å². The quantitative estimate of drug-likeness (QED) is 0.806. The minimum atomic E-state index is 0. The van der Waals surface area contributed by atoms with Crippen LogP contribution in [0.4, 0.5) is 0 Å². The number of nitrogens with one attached hydrogen (secondary N) is 1. The number of nitrogens with zero attached hydrogens (tertiary/aromatic N) is 2. The number of piperazine rings is 1. The number of hydrogen-bond donors (Lipinski definition) is 1. The van der Waals surface area contributed by atoms with Crippen LogP contribution in [0.3, 0.4) is 0 Å². The fraction of sp³-hybridized carbons (Fsp3) is 0.412. The van der Waals surface area contributed by atoms with Crippen LogP contribution in [0.1, 0.15) is 23.0 Å². The van der Waals surface area contributed by atoms with Gasteiger partial charge in [-0.3, -0.25) is 4.79 Å². The Morgan fingerprint density at radius 2 is 2.19 bits per heavy atom. The molecule has 0 aliphatic carbocycles. The van der Waals surface area contributed by atoms with Gasteiger partial charge in [0.05, 0.1) is 18.3 Å². The van der Waals surface area contributed by atoms with Crippen LogP contribution in [0.15, 0.2) is 29.1 Å². The molecule has 1 unspecified atom stereocenters. The summed E-state index contributed by atoms with van der Waals surface area (Å²) in [4.78, 5) is 18.8. The standard InChI is InChI=1S/C17H21N3O3S.2ClH/c1-12-8-18-5-6-20(12)17(21)13-3-4-15(16(7-13)22-2)23-9-14-10-24-11-19-14;;/h3-4,7,10-12,18H,5-6,8-9H2,1-2H3;2*1H. The molecule has 0 bridgehead atoms. The molecule has 3 rings (SSSR count). The second kappa shape index (κ2) is 10.6. The highest BCUT2D eigenvalue weighted by Gasteiger charge is 2.24. The lowest BCUT2D eigenvalue weighted by Gasteiger charge is -2.34. The third-order valence-electron chi connectivity index (χ3n) is 4.03. The van der Waals surface area contributed by atoms with E-state index in [0.29, 0.717) is 30.2 Å². The molecule has 1 fully saturated rings. The van der Waals surface area contributed by atoms with Crippen molar-refractivity contribution in [1.29, 1.82) is 0 Å². The Hall–Kier alpha value is -1.54. The topological polar surface area (TPSA) is 63.7 Å². The molecule has 0 saturated carbocycles. The number of halogens is 2. The first-order valence-corrected chi connectivity index (χ1v) is 8.83. The minimum Gasteiger partial charge on any atom is -0.493 e. The van der Waals surface area contributed by atoms with Gasteiger partial charge in [0.25, 0.3) is 5.91 Å². The van der Waals surface area contributed by atoms with Crippen LogP contribution in [0.2, 0.25) is 0 Å². The average Bonchev–Trinajstić information content (AvgIpc) is 3.13. The average molecular weight is 420 g/mol. The summed E-state index contributed by atoms with van der Waals surface area (Å²) in [6, 6.07) is 5.49. The van der Waals surface area contributed by atoms with Gasteiger partial charge in [-0.2, -0.15) is 0 Å². The van der Waals surface area contributed by atoms with Crippen molar-refractivity contribution in [1.82, 2.24) is 15.2 Å². The van der Waals surface area contributed by atoms with Crippen LogP contribution < -0.4 is 14.8 Å². The number of amides is 1. The fourth-order valence-electron chi connectivity index (χ4n) is 2.69. The summed E-state index contributed by atoms with van der Waals surface area (Å²) >= 11 is 1.53. The Bertz CT molecular complexity index is 701. The number of thiazole rings is 1. The molecular formula is C17H23Cl2N3O3S. The number of benzene rings is 1. The summed E-state index contributed by atoms with van der Waals surface area (Å²) in [5, 5.41) is 5.23. The molecule has 1 N–H and O–H groups in total. The molecule has 2 heterocycles. The van der Waals surface area contributed by atoms with E-state index < -0.39 is 0 Å². The lowest BCUT2D eigenvalue weighted by Crippen LogP contribution is -2.52. The molecular weight excluding hydrogens is 397 g/mol. The minimum absolute atomic E-state index is 0. The van der Waals surface area contributed by atoms with Crippen LogP contribution in [-0.4, -0.2) is 48.6 Å². The molecule has 144 valence electrons. The predicted octanol–water partition coefficient (Wildman–Crippen LogP) is 3.01. The molecule has 6 nitrogen and oxygen atoms in total. The van der Waals surface area contributed by atoms with Gasteiger partial charge in [-0.1, -0.05) is 0 Å². The van der Waals surface area contributed by atoms with Crippen molar-refractivity contribution in [3.63, 3.8) is 0 Å². The maximum absolute atomic E-state index is 12.7. The Balaban J connectivity index is 0.00000169. The van der Waals surface area contributed by atoms with E-state index in [0.717, 1.165) is 18.8 Å². The summed E-state index contributed by atoms with van der Waals surface area (Å²) in [7, 11) is 1.58. The summed E-state index contributed by atoms with van der Waals surface area (Å²) in [5.41, 5.74) is 3.25. The number of hydrogen-bond acceptors (Lipinski definition) is 6. The van der Waals surface area contributed by atoms with Crippen LogP contribution in [0.25, 0.3) is 0 Å². The van der Waals surface area contributed by atoms with Crippen molar-refractivity contribution < 1.29 is 14.3 Å². The van der Waals surface area contributed by atoms with E-state index in [1.165, 1.54) is 11.3 Å². The predicted molar refractivity (Wildman–Crippen MR) is 107 cm³/mol. The molecule has 1 amide bonds. The van der Waals surface area contributed by atoms with E-state index in [4.69, 9.17) is 9.47 Å². The highest BCUT2D eigenvalue weighted by molar-refractivity contribution is 7.07. The zero-order valence-corrected chi connectivity index (χ0v) is 17.1. The Morgan fingerprint density at radius 3 is 2.85 bits per heavy atom. The van der Waals surface area contributed by atoms with Crippen LogP contribution in [0, 0.1) is 0 Å². The highest BCUT2D eigenvalue weighted by Crippen LogP contribution is 2.29. The summed E-state index contributed by atoms with van der Waals surface area (Å²) in [6.45, 7) is 4.78. The normalized spacial score (nSPS) is 16.2. The van der Waals surface area contributed by atoms with Crippen molar-refractivity contribution >= 4 is 42.1 Å². The zero-order chi connectivity index (χ0) is 16.9. The molecule has 1 aromatic heterocycles. The molecule has 1 saturated heterocycles. The first-order chi connectivity index (χ1) is 11.7. The Labute approximate surface area is 169 Å². The van der Waals surface area contributed by atoms with Crippen molar-refractivity contribution in [3.05, 3.63) is 40.3 Å². The van der Waals surface area contributed by atoms with Gasteiger partial charge in [0, 0.05) is 36.6 Å². The van der Waals surface area contributed by atoms with Gasteiger partial charge in [0.1, 0.15) is 6.61 Å². The third-order valence-corrected chi connectivity index (χ3v) is 4.67. The fourth-order valence-corrected chi connectivity index (χ4v) is 3.23. The zero-order valence-electron chi connectivity index (χ0n) is 14.6. The number of aromatic nitrogens is 1. The molecule has 1 aliphatic rings. The SMILES string of the molecule is COc1cc(C(=O)N2CCNCC2C)ccc1OCc1cscn1.Cl.Cl. The number of ether oxygens (including phenoxy) is 2. The second-order valence-corrected chi connectivity index (χ2v) is 6.40. The number of methoxy groups -OCH3 is 1. The second-order valence-electron chi connectivity index (χ2n) is 5.69. The van der Waals surface area contributed by atoms with E-state index >= 15 is 0 Å². The molecule has 1 aliphatic heterocycles. The lowest BCUT2D eigenvalue weighted by molar-refractivity contribution is 0.0655. The maximum atomic E-state index is 12.7. The molecule has 0 spiro atoms. The van der Waals surface area contributed by atoms with Gasteiger partial charge >= 0.3 is 0 Å². The summed E-state index contributed by atoms with van der Waals surface area (Å²) in [6.07, 6.45) is 0. The largest absolute Gasteiger partial charge is 0.493 e. The smallest absolute Gasteiger partial charge is 0.254 e. The van der Waals surface area contributed by atoms with Crippen molar-refractivity contribution in [2.75, 3.05) is 26.7 Å². The van der Waals surface area contributed by atoms with Gasteiger partial charge < -0.3 is 19.7 Å². The molecule has 9 heteroatoms. The van der Waals surface area contributed by atoms with Crippen molar-refractivity contribution in [2.24, 2.45) is 0 Å². The molecule has 26 heavy (non-hydrogen) atoms. The van der Waals surface area contributed by atoms with Crippen molar-refractivity contribution in [3.8, 4) is 11.5 Å². The first-order valence-electron chi connectivity index (χ1n) is 7.88. The molecule has 1 atom stereocenters. The van der Waals surface area contributed by atoms with E-state index in [1.54, 1.807) is 30.8 Å². The summed E-state index contributed by atoms with van der Waals surface area (Å²) in [5.74, 6) is 1.18. The van der Waals surface area contributed by atoms with E-state index in [1.807, 2.05) is 17.2 Å². The van der Waals surface area contributed by atoms with Crippen LogP contribution in [0.5, 0.6) is 11.5 Å². The summed E-state index contributed by atoms with van der Waals surface area (Å²) < 4.78 is 11.2. The molecule has 0 radical (unpaired) electrons. The number of carbonyl (C=O) groups is 1. The van der Waals surface area contributed by atoms with Gasteiger partial charge in [-0.25, -0.2) is 4.98 Å². The van der Waals surface area contributed by atoms with Gasteiger partial charge in [-0.15, -0.1) is 36.2 Å². The van der Waals surface area contributed by atoms with Crippen LogP contribution >= 0.6 is 36.2 Å². The highest BCUT2D eigenvalue weighted by atomic mass is 35.5. The lowest BCUT2D eigenvalue weighted by atomic mass is 10.1.